The van der Waals surface area contributed by atoms with Gasteiger partial charge in [-0.1, -0.05) is 19.4 Å². The van der Waals surface area contributed by atoms with Gasteiger partial charge in [0.2, 0.25) is 5.91 Å². The number of carbonyl (C=O) groups is 2. The van der Waals surface area contributed by atoms with Crippen LogP contribution >= 0.6 is 0 Å². The Morgan fingerprint density at radius 3 is 2.55 bits per heavy atom. The zero-order chi connectivity index (χ0) is 24.0. The number of nitrogens with one attached hydrogen (secondary N) is 1. The third-order valence-electron chi connectivity index (χ3n) is 4.92. The molecule has 0 bridgehead atoms. The first-order valence-corrected chi connectivity index (χ1v) is 10.4. The van der Waals surface area contributed by atoms with Crippen molar-refractivity contribution in [3.8, 4) is 11.4 Å². The predicted molar refractivity (Wildman–Crippen MR) is 109 cm³/mol. The highest BCUT2D eigenvalue weighted by Gasteiger charge is 2.31. The molecule has 0 unspecified atom stereocenters. The lowest BCUT2D eigenvalue weighted by Crippen LogP contribution is -2.53. The molecular weight excluding hydrogens is 447 g/mol. The fraction of sp³-hybridized carbons (Fsp3) is 0.526. The number of alkyl halides is 3. The Morgan fingerprint density at radius 1 is 1.15 bits per heavy atom. The molecule has 0 radical (unpaired) electrons. The van der Waals surface area contributed by atoms with Crippen molar-refractivity contribution < 1.29 is 27.5 Å². The highest BCUT2D eigenvalue weighted by atomic mass is 19.4. The molecule has 1 aliphatic rings. The van der Waals surface area contributed by atoms with Crippen LogP contribution in [0.3, 0.4) is 0 Å². The molecule has 1 N–H and O–H groups in total. The predicted octanol–water partition coefficient (Wildman–Crippen LogP) is 0.830. The number of carbonyl (C=O) groups excluding carboxylic acids is 2. The van der Waals surface area contributed by atoms with Gasteiger partial charge in [0.25, 0.3) is 0 Å². The van der Waals surface area contributed by atoms with Crippen molar-refractivity contribution in [1.29, 1.82) is 0 Å². The summed E-state index contributed by atoms with van der Waals surface area (Å²) in [4.78, 5) is 40.6. The van der Waals surface area contributed by atoms with Gasteiger partial charge in [-0.25, -0.2) is 9.59 Å². The maximum Gasteiger partial charge on any atom is 0.573 e. The number of unbranched alkanes of at least 4 members (excludes halogenated alkanes) is 1. The molecule has 3 rings (SSSR count). The molecule has 180 valence electrons. The lowest BCUT2D eigenvalue weighted by Gasteiger charge is -2.33. The van der Waals surface area contributed by atoms with Gasteiger partial charge in [0, 0.05) is 38.8 Å². The summed E-state index contributed by atoms with van der Waals surface area (Å²) in [5, 5.41) is 10.00. The van der Waals surface area contributed by atoms with Gasteiger partial charge < -0.3 is 15.0 Å². The Bertz CT molecular complexity index is 1030. The fourth-order valence-corrected chi connectivity index (χ4v) is 3.24. The first kappa shape index (κ1) is 24.2. The van der Waals surface area contributed by atoms with E-state index < -0.39 is 23.8 Å². The molecule has 0 saturated carbocycles. The highest BCUT2D eigenvalue weighted by Crippen LogP contribution is 2.23. The molecule has 1 aromatic heterocycles. The van der Waals surface area contributed by atoms with Gasteiger partial charge in [-0.15, -0.1) is 17.9 Å². The largest absolute Gasteiger partial charge is 0.573 e. The quantitative estimate of drug-likeness (QED) is 0.470. The second kappa shape index (κ2) is 10.5. The second-order valence-corrected chi connectivity index (χ2v) is 7.38. The molecule has 33 heavy (non-hydrogen) atoms. The summed E-state index contributed by atoms with van der Waals surface area (Å²) in [6, 6.07) is 3.91. The van der Waals surface area contributed by atoms with Crippen LogP contribution in [0, 0.1) is 0 Å². The number of rotatable bonds is 7. The van der Waals surface area contributed by atoms with Gasteiger partial charge >= 0.3 is 18.1 Å². The topological polar surface area (TPSA) is 115 Å². The Kier molecular flexibility index (Phi) is 7.68. The summed E-state index contributed by atoms with van der Waals surface area (Å²) in [7, 11) is 0. The molecule has 2 heterocycles. The Labute approximate surface area is 186 Å². The molecule has 1 saturated heterocycles. The first-order chi connectivity index (χ1) is 15.7. The fourth-order valence-electron chi connectivity index (χ4n) is 3.24. The van der Waals surface area contributed by atoms with Crippen LogP contribution in [0.4, 0.5) is 18.0 Å². The van der Waals surface area contributed by atoms with Crippen LogP contribution in [0.15, 0.2) is 29.1 Å². The number of ether oxygens (including phenoxy) is 1. The lowest BCUT2D eigenvalue weighted by molar-refractivity contribution is -0.274. The van der Waals surface area contributed by atoms with E-state index in [9.17, 15) is 27.6 Å². The van der Waals surface area contributed by atoms with Crippen molar-refractivity contribution in [3.63, 3.8) is 0 Å². The number of amides is 2. The Morgan fingerprint density at radius 2 is 1.88 bits per heavy atom. The SMILES string of the molecule is CCCCNC(=O)CN1CCN(C(=O)n2nnn(-c3cccc(OC(F)(F)F)c3)c2=O)CC1. The molecule has 1 fully saturated rings. The molecule has 14 heteroatoms. The maximum atomic E-state index is 12.7. The maximum absolute atomic E-state index is 12.7. The van der Waals surface area contributed by atoms with E-state index in [0.29, 0.717) is 29.0 Å². The van der Waals surface area contributed by atoms with Crippen LogP contribution < -0.4 is 15.7 Å². The van der Waals surface area contributed by atoms with Gasteiger partial charge in [-0.05, 0) is 29.0 Å². The minimum absolute atomic E-state index is 0.0419. The normalized spacial score (nSPS) is 14.8. The van der Waals surface area contributed by atoms with E-state index in [1.165, 1.54) is 17.0 Å². The summed E-state index contributed by atoms with van der Waals surface area (Å²) in [6.07, 6.45) is -3.00. The van der Waals surface area contributed by atoms with Gasteiger partial charge in [0.15, 0.2) is 0 Å². The monoisotopic (exact) mass is 471 g/mol. The third-order valence-corrected chi connectivity index (χ3v) is 4.92. The second-order valence-electron chi connectivity index (χ2n) is 7.38. The number of halogens is 3. The number of hydrogen-bond donors (Lipinski definition) is 1. The van der Waals surface area contributed by atoms with Crippen LogP contribution in [0.1, 0.15) is 19.8 Å². The molecule has 11 nitrogen and oxygen atoms in total. The summed E-state index contributed by atoms with van der Waals surface area (Å²) in [6.45, 7) is 4.30. The van der Waals surface area contributed by atoms with Crippen LogP contribution in [-0.2, 0) is 4.79 Å². The van der Waals surface area contributed by atoms with Crippen molar-refractivity contribution in [2.24, 2.45) is 0 Å². The molecule has 2 aromatic rings. The number of tetrazole rings is 1. The number of aromatic nitrogens is 4. The Balaban J connectivity index is 1.61. The summed E-state index contributed by atoms with van der Waals surface area (Å²) >= 11 is 0. The van der Waals surface area contributed by atoms with Crippen molar-refractivity contribution in [2.45, 2.75) is 26.1 Å². The van der Waals surface area contributed by atoms with E-state index in [1.807, 2.05) is 11.8 Å². The van der Waals surface area contributed by atoms with E-state index in [0.717, 1.165) is 25.0 Å². The van der Waals surface area contributed by atoms with Crippen molar-refractivity contribution in [2.75, 3.05) is 39.3 Å². The number of benzene rings is 1. The molecule has 0 aliphatic carbocycles. The first-order valence-electron chi connectivity index (χ1n) is 10.4. The molecule has 1 aliphatic heterocycles. The molecule has 2 amide bonds. The molecular formula is C19H24F3N7O4. The third kappa shape index (κ3) is 6.54. The van der Waals surface area contributed by atoms with Crippen molar-refractivity contribution in [3.05, 3.63) is 34.7 Å². The zero-order valence-corrected chi connectivity index (χ0v) is 17.9. The van der Waals surface area contributed by atoms with Crippen LogP contribution in [0.5, 0.6) is 5.75 Å². The Hall–Kier alpha value is -3.42. The van der Waals surface area contributed by atoms with Crippen LogP contribution in [0.2, 0.25) is 0 Å². The average Bonchev–Trinajstić information content (AvgIpc) is 3.14. The van der Waals surface area contributed by atoms with Gasteiger partial charge in [0.1, 0.15) is 5.75 Å². The van der Waals surface area contributed by atoms with Gasteiger partial charge in [-0.3, -0.25) is 9.69 Å². The number of hydrogen-bond acceptors (Lipinski definition) is 7. The summed E-state index contributed by atoms with van der Waals surface area (Å²) in [5.74, 6) is -0.623. The number of nitrogens with zero attached hydrogens (tertiary/aromatic N) is 6. The average molecular weight is 471 g/mol. The lowest BCUT2D eigenvalue weighted by atomic mass is 10.3. The summed E-state index contributed by atoms with van der Waals surface area (Å²) in [5.41, 5.74) is -0.971. The van der Waals surface area contributed by atoms with Crippen LogP contribution in [-0.4, -0.2) is 87.2 Å². The molecule has 1 aromatic carbocycles. The highest BCUT2D eigenvalue weighted by molar-refractivity contribution is 5.78. The smallest absolute Gasteiger partial charge is 0.406 e. The van der Waals surface area contributed by atoms with E-state index >= 15 is 0 Å². The van der Waals surface area contributed by atoms with Crippen molar-refractivity contribution >= 4 is 11.9 Å². The van der Waals surface area contributed by atoms with Gasteiger partial charge in [0.05, 0.1) is 12.2 Å². The van der Waals surface area contributed by atoms with E-state index in [4.69, 9.17) is 0 Å². The summed E-state index contributed by atoms with van der Waals surface area (Å²) < 4.78 is 42.4. The van der Waals surface area contributed by atoms with E-state index in [-0.39, 0.29) is 31.2 Å². The minimum Gasteiger partial charge on any atom is -0.406 e. The van der Waals surface area contributed by atoms with Crippen molar-refractivity contribution in [1.82, 2.24) is 34.9 Å². The van der Waals surface area contributed by atoms with E-state index in [2.05, 4.69) is 20.5 Å². The standard InChI is InChI=1S/C19H24F3N7O4/c1-2-3-7-23-16(30)13-26-8-10-27(11-9-26)17(31)29-18(32)28(24-25-29)14-5-4-6-15(12-14)33-19(20,21)22/h4-6,12H,2-3,7-11,13H2,1H3,(H,23,30). The van der Waals surface area contributed by atoms with Gasteiger partial charge in [-0.2, -0.15) is 4.68 Å². The zero-order valence-electron chi connectivity index (χ0n) is 17.9. The molecule has 0 spiro atoms. The number of piperazine rings is 1. The van der Waals surface area contributed by atoms with Crippen LogP contribution in [0.25, 0.3) is 5.69 Å². The minimum atomic E-state index is -4.89. The van der Waals surface area contributed by atoms with E-state index in [1.54, 1.807) is 0 Å². The molecule has 0 atom stereocenters.